The van der Waals surface area contributed by atoms with Crippen LogP contribution in [0, 0.1) is 0 Å². The van der Waals surface area contributed by atoms with Crippen molar-refractivity contribution in [2.75, 3.05) is 11.1 Å². The van der Waals surface area contributed by atoms with Crippen molar-refractivity contribution in [1.82, 2.24) is 4.98 Å². The summed E-state index contributed by atoms with van der Waals surface area (Å²) in [5.41, 5.74) is 5.65. The van der Waals surface area contributed by atoms with Crippen molar-refractivity contribution in [3.63, 3.8) is 0 Å². The molecule has 0 atom stereocenters. The number of nitrogens with zero attached hydrogens (tertiary/aromatic N) is 1. The topological polar surface area (TPSA) is 42.0 Å². The summed E-state index contributed by atoms with van der Waals surface area (Å²) in [5.74, 6) is 0.195. The highest BCUT2D eigenvalue weighted by molar-refractivity contribution is 8.00. The van der Waals surface area contributed by atoms with Gasteiger partial charge in [0.2, 0.25) is 5.91 Å². The first-order valence-corrected chi connectivity index (χ1v) is 12.3. The molecule has 0 radical (unpaired) electrons. The van der Waals surface area contributed by atoms with E-state index in [2.05, 4.69) is 23.5 Å². The molecule has 5 heteroatoms. The largest absolute Gasteiger partial charge is 0.325 e. The van der Waals surface area contributed by atoms with Crippen molar-refractivity contribution in [3.05, 3.63) is 114 Å². The fraction of sp³-hybridized carbons (Fsp3) is 0.0345. The molecule has 166 valence electrons. The molecule has 0 fully saturated rings. The Morgan fingerprint density at radius 1 is 0.765 bits per heavy atom. The first kappa shape index (κ1) is 22.2. The summed E-state index contributed by atoms with van der Waals surface area (Å²) in [5, 5.41) is 4.70. The molecule has 0 aliphatic carbocycles. The molecule has 1 N–H and O–H groups in total. The zero-order valence-electron chi connectivity index (χ0n) is 18.2. The van der Waals surface area contributed by atoms with E-state index in [0.717, 1.165) is 43.9 Å². The van der Waals surface area contributed by atoms with Gasteiger partial charge >= 0.3 is 0 Å². The fourth-order valence-electron chi connectivity index (χ4n) is 3.89. The number of rotatable bonds is 6. The van der Waals surface area contributed by atoms with Gasteiger partial charge in [0, 0.05) is 32.1 Å². The monoisotopic (exact) mass is 480 g/mol. The van der Waals surface area contributed by atoms with Crippen LogP contribution in [0.2, 0.25) is 5.02 Å². The van der Waals surface area contributed by atoms with Gasteiger partial charge in [-0.2, -0.15) is 0 Å². The van der Waals surface area contributed by atoms with E-state index in [1.54, 1.807) is 0 Å². The number of thioether (sulfide) groups is 1. The summed E-state index contributed by atoms with van der Waals surface area (Å²) >= 11 is 7.66. The van der Waals surface area contributed by atoms with E-state index in [1.165, 1.54) is 11.8 Å². The maximum Gasteiger partial charge on any atom is 0.234 e. The van der Waals surface area contributed by atoms with E-state index in [-0.39, 0.29) is 11.7 Å². The first-order chi connectivity index (χ1) is 16.7. The number of para-hydroxylation sites is 2. The van der Waals surface area contributed by atoms with Crippen LogP contribution in [0.5, 0.6) is 0 Å². The smallest absolute Gasteiger partial charge is 0.234 e. The van der Waals surface area contributed by atoms with Gasteiger partial charge in [-0.3, -0.25) is 4.79 Å². The molecule has 0 aliphatic heterocycles. The lowest BCUT2D eigenvalue weighted by atomic mass is 9.98. The van der Waals surface area contributed by atoms with Crippen LogP contribution in [-0.4, -0.2) is 16.6 Å². The molecule has 0 saturated carbocycles. The second kappa shape index (κ2) is 10.1. The second-order valence-electron chi connectivity index (χ2n) is 7.76. The highest BCUT2D eigenvalue weighted by atomic mass is 35.5. The Bertz CT molecular complexity index is 1440. The van der Waals surface area contributed by atoms with Crippen molar-refractivity contribution in [2.45, 2.75) is 4.90 Å². The predicted octanol–water partition coefficient (Wildman–Crippen LogP) is 7.95. The van der Waals surface area contributed by atoms with Gasteiger partial charge in [-0.25, -0.2) is 4.98 Å². The number of amides is 1. The minimum atomic E-state index is -0.0644. The highest BCUT2D eigenvalue weighted by Crippen LogP contribution is 2.42. The quantitative estimate of drug-likeness (QED) is 0.251. The van der Waals surface area contributed by atoms with Gasteiger partial charge < -0.3 is 5.32 Å². The number of halogens is 1. The molecule has 1 aromatic heterocycles. The lowest BCUT2D eigenvalue weighted by Gasteiger charge is -2.17. The summed E-state index contributed by atoms with van der Waals surface area (Å²) < 4.78 is 0. The van der Waals surface area contributed by atoms with Gasteiger partial charge in [0.05, 0.1) is 17.0 Å². The molecule has 0 unspecified atom stereocenters. The molecule has 4 aromatic carbocycles. The van der Waals surface area contributed by atoms with Crippen LogP contribution >= 0.6 is 23.4 Å². The van der Waals surface area contributed by atoms with Crippen molar-refractivity contribution in [1.29, 1.82) is 0 Å². The number of pyridine rings is 1. The molecular formula is C29H21ClN2OS. The predicted molar refractivity (Wildman–Crippen MR) is 143 cm³/mol. The number of fused-ring (bicyclic) bond motifs is 1. The molecule has 0 bridgehead atoms. The number of carbonyl (C=O) groups excluding carboxylic acids is 1. The van der Waals surface area contributed by atoms with E-state index in [1.807, 2.05) is 91.0 Å². The maximum atomic E-state index is 12.8. The molecule has 0 spiro atoms. The molecule has 1 heterocycles. The number of hydrogen-bond donors (Lipinski definition) is 1. The number of benzene rings is 4. The van der Waals surface area contributed by atoms with E-state index in [9.17, 15) is 4.79 Å². The number of hydrogen-bond acceptors (Lipinski definition) is 3. The summed E-state index contributed by atoms with van der Waals surface area (Å²) in [6.45, 7) is 0. The lowest BCUT2D eigenvalue weighted by Crippen LogP contribution is -2.14. The fourth-order valence-corrected chi connectivity index (χ4v) is 5.03. The van der Waals surface area contributed by atoms with Crippen LogP contribution in [0.4, 0.5) is 5.69 Å². The standard InChI is InChI=1S/C29H21ClN2OS/c30-22-17-15-21(16-18-22)28-29(34-19-26(33)31-23-11-5-2-6-12-23)27(20-9-3-1-4-10-20)24-13-7-8-14-25(24)32-28/h1-18H,19H2,(H,31,33). The Balaban J connectivity index is 1.63. The van der Waals surface area contributed by atoms with E-state index >= 15 is 0 Å². The Morgan fingerprint density at radius 3 is 2.15 bits per heavy atom. The zero-order chi connectivity index (χ0) is 23.3. The minimum Gasteiger partial charge on any atom is -0.325 e. The third-order valence-corrected chi connectivity index (χ3v) is 6.78. The Morgan fingerprint density at radius 2 is 1.41 bits per heavy atom. The average Bonchev–Trinajstić information content (AvgIpc) is 2.88. The third-order valence-electron chi connectivity index (χ3n) is 5.43. The number of nitrogens with one attached hydrogen (secondary N) is 1. The Labute approximate surface area is 207 Å². The van der Waals surface area contributed by atoms with E-state index < -0.39 is 0 Å². The molecule has 3 nitrogen and oxygen atoms in total. The molecule has 5 aromatic rings. The van der Waals surface area contributed by atoms with Crippen molar-refractivity contribution >= 4 is 45.9 Å². The Kier molecular flexibility index (Phi) is 6.61. The van der Waals surface area contributed by atoms with Crippen LogP contribution in [0.15, 0.2) is 114 Å². The highest BCUT2D eigenvalue weighted by Gasteiger charge is 2.19. The van der Waals surface area contributed by atoms with Gasteiger partial charge in [-0.1, -0.05) is 90.5 Å². The van der Waals surface area contributed by atoms with Crippen LogP contribution in [0.1, 0.15) is 0 Å². The van der Waals surface area contributed by atoms with Crippen LogP contribution in [0.25, 0.3) is 33.3 Å². The lowest BCUT2D eigenvalue weighted by molar-refractivity contribution is -0.113. The molecule has 5 rings (SSSR count). The van der Waals surface area contributed by atoms with Gasteiger partial charge in [0.1, 0.15) is 0 Å². The van der Waals surface area contributed by atoms with Crippen molar-refractivity contribution in [2.24, 2.45) is 0 Å². The molecular weight excluding hydrogens is 460 g/mol. The Hall–Kier alpha value is -3.60. The first-order valence-electron chi connectivity index (χ1n) is 10.9. The number of carbonyl (C=O) groups is 1. The molecule has 0 saturated heterocycles. The van der Waals surface area contributed by atoms with Crippen molar-refractivity contribution < 1.29 is 4.79 Å². The van der Waals surface area contributed by atoms with Gasteiger partial charge in [0.15, 0.2) is 0 Å². The average molecular weight is 481 g/mol. The van der Waals surface area contributed by atoms with Gasteiger partial charge in [-0.05, 0) is 35.9 Å². The van der Waals surface area contributed by atoms with Crippen LogP contribution < -0.4 is 5.32 Å². The summed E-state index contributed by atoms with van der Waals surface area (Å²) in [4.78, 5) is 18.8. The molecule has 34 heavy (non-hydrogen) atoms. The number of aromatic nitrogens is 1. The van der Waals surface area contributed by atoms with Crippen LogP contribution in [-0.2, 0) is 4.79 Å². The summed E-state index contributed by atoms with van der Waals surface area (Å²) in [7, 11) is 0. The number of anilines is 1. The summed E-state index contributed by atoms with van der Waals surface area (Å²) in [6.07, 6.45) is 0. The SMILES string of the molecule is O=C(CSc1c(-c2ccc(Cl)cc2)nc2ccccc2c1-c1ccccc1)Nc1ccccc1. The molecule has 1 amide bonds. The van der Waals surface area contributed by atoms with Gasteiger partial charge in [0.25, 0.3) is 0 Å². The van der Waals surface area contributed by atoms with Gasteiger partial charge in [-0.15, -0.1) is 11.8 Å². The minimum absolute atomic E-state index is 0.0644. The second-order valence-corrected chi connectivity index (χ2v) is 9.18. The third kappa shape index (κ3) is 4.84. The zero-order valence-corrected chi connectivity index (χ0v) is 19.8. The van der Waals surface area contributed by atoms with E-state index in [0.29, 0.717) is 5.02 Å². The van der Waals surface area contributed by atoms with Crippen LogP contribution in [0.3, 0.4) is 0 Å². The summed E-state index contributed by atoms with van der Waals surface area (Å²) in [6, 6.07) is 35.6. The normalized spacial score (nSPS) is 10.9. The van der Waals surface area contributed by atoms with Crippen molar-refractivity contribution in [3.8, 4) is 22.4 Å². The maximum absolute atomic E-state index is 12.8. The molecule has 0 aliphatic rings. The van der Waals surface area contributed by atoms with E-state index in [4.69, 9.17) is 16.6 Å².